The molecule has 2 N–H and O–H groups in total. The molecule has 0 aliphatic carbocycles. The molecule has 1 aromatic carbocycles. The Hall–Kier alpha value is -2.20. The molecule has 4 heteroatoms. The van der Waals surface area contributed by atoms with Gasteiger partial charge in [-0.3, -0.25) is 9.78 Å². The van der Waals surface area contributed by atoms with Crippen LogP contribution in [0.1, 0.15) is 11.1 Å². The van der Waals surface area contributed by atoms with E-state index in [1.807, 2.05) is 42.5 Å². The third-order valence-corrected chi connectivity index (χ3v) is 2.70. The topological polar surface area (TPSA) is 54.0 Å². The van der Waals surface area contributed by atoms with Gasteiger partial charge in [0.15, 0.2) is 0 Å². The van der Waals surface area contributed by atoms with Crippen molar-refractivity contribution in [3.63, 3.8) is 0 Å². The van der Waals surface area contributed by atoms with E-state index in [4.69, 9.17) is 0 Å². The maximum absolute atomic E-state index is 11.6. The van der Waals surface area contributed by atoms with Crippen molar-refractivity contribution >= 4 is 5.91 Å². The molecule has 0 saturated heterocycles. The van der Waals surface area contributed by atoms with Crippen molar-refractivity contribution in [1.29, 1.82) is 0 Å². The number of nitrogens with zero attached hydrogens (tertiary/aromatic N) is 1. The first-order valence-corrected chi connectivity index (χ1v) is 6.25. The van der Waals surface area contributed by atoms with Gasteiger partial charge in [-0.05, 0) is 23.3 Å². The van der Waals surface area contributed by atoms with E-state index in [0.29, 0.717) is 19.6 Å². The molecule has 98 valence electrons. The molecule has 0 unspecified atom stereocenters. The molecule has 0 saturated carbocycles. The van der Waals surface area contributed by atoms with Crippen molar-refractivity contribution in [2.24, 2.45) is 0 Å². The molecule has 4 nitrogen and oxygen atoms in total. The smallest absolute Gasteiger partial charge is 0.234 e. The van der Waals surface area contributed by atoms with E-state index in [2.05, 4.69) is 15.6 Å². The van der Waals surface area contributed by atoms with Gasteiger partial charge in [-0.1, -0.05) is 30.3 Å². The lowest BCUT2D eigenvalue weighted by atomic mass is 10.2. The van der Waals surface area contributed by atoms with Crippen LogP contribution in [-0.4, -0.2) is 17.4 Å². The number of benzene rings is 1. The summed E-state index contributed by atoms with van der Waals surface area (Å²) in [7, 11) is 0. The second kappa shape index (κ2) is 7.28. The van der Waals surface area contributed by atoms with Crippen LogP contribution in [0.25, 0.3) is 0 Å². The van der Waals surface area contributed by atoms with Gasteiger partial charge < -0.3 is 10.6 Å². The summed E-state index contributed by atoms with van der Waals surface area (Å²) < 4.78 is 0. The number of rotatable bonds is 6. The number of carbonyl (C=O) groups excluding carboxylic acids is 1. The summed E-state index contributed by atoms with van der Waals surface area (Å²) in [4.78, 5) is 15.5. The average molecular weight is 255 g/mol. The minimum atomic E-state index is -0.00672. The van der Waals surface area contributed by atoms with Gasteiger partial charge in [-0.15, -0.1) is 0 Å². The molecule has 0 atom stereocenters. The summed E-state index contributed by atoms with van der Waals surface area (Å²) in [6.07, 6.45) is 3.43. The van der Waals surface area contributed by atoms with Crippen LogP contribution in [0.4, 0.5) is 0 Å². The molecule has 0 fully saturated rings. The number of carbonyl (C=O) groups is 1. The molecule has 0 spiro atoms. The highest BCUT2D eigenvalue weighted by atomic mass is 16.1. The SMILES string of the molecule is O=C(CNCc1ccccc1)NCc1ccncc1. The zero-order chi connectivity index (χ0) is 13.3. The standard InChI is InChI=1S/C15H17N3O/c19-15(18-11-14-6-8-16-9-7-14)12-17-10-13-4-2-1-3-5-13/h1-9,17H,10-12H2,(H,18,19). The van der Waals surface area contributed by atoms with Crippen LogP contribution >= 0.6 is 0 Å². The molecule has 2 aromatic rings. The van der Waals surface area contributed by atoms with Gasteiger partial charge in [0, 0.05) is 25.5 Å². The van der Waals surface area contributed by atoms with Gasteiger partial charge in [-0.2, -0.15) is 0 Å². The predicted molar refractivity (Wildman–Crippen MR) is 74.2 cm³/mol. The van der Waals surface area contributed by atoms with E-state index >= 15 is 0 Å². The Morgan fingerprint density at radius 3 is 2.37 bits per heavy atom. The number of nitrogens with one attached hydrogen (secondary N) is 2. The fourth-order valence-corrected chi connectivity index (χ4v) is 1.68. The summed E-state index contributed by atoms with van der Waals surface area (Å²) in [6, 6.07) is 13.8. The van der Waals surface area contributed by atoms with Crippen LogP contribution in [0.15, 0.2) is 54.9 Å². The molecular formula is C15H17N3O. The maximum Gasteiger partial charge on any atom is 0.234 e. The van der Waals surface area contributed by atoms with Gasteiger partial charge in [0.05, 0.1) is 6.54 Å². The Morgan fingerprint density at radius 1 is 0.947 bits per heavy atom. The van der Waals surface area contributed by atoms with Crippen molar-refractivity contribution in [1.82, 2.24) is 15.6 Å². The van der Waals surface area contributed by atoms with Crippen LogP contribution < -0.4 is 10.6 Å². The minimum Gasteiger partial charge on any atom is -0.351 e. The van der Waals surface area contributed by atoms with Crippen LogP contribution in [0, 0.1) is 0 Å². The Bertz CT molecular complexity index is 499. The highest BCUT2D eigenvalue weighted by Crippen LogP contribution is 1.97. The van der Waals surface area contributed by atoms with Gasteiger partial charge >= 0.3 is 0 Å². The van der Waals surface area contributed by atoms with Crippen LogP contribution in [-0.2, 0) is 17.9 Å². The van der Waals surface area contributed by atoms with E-state index in [1.54, 1.807) is 12.4 Å². The molecule has 1 amide bonds. The molecule has 2 rings (SSSR count). The second-order valence-corrected chi connectivity index (χ2v) is 4.22. The van der Waals surface area contributed by atoms with E-state index in [0.717, 1.165) is 5.56 Å². The largest absolute Gasteiger partial charge is 0.351 e. The van der Waals surface area contributed by atoms with Crippen molar-refractivity contribution in [2.45, 2.75) is 13.1 Å². The zero-order valence-electron chi connectivity index (χ0n) is 10.7. The number of pyridine rings is 1. The maximum atomic E-state index is 11.6. The van der Waals surface area contributed by atoms with Crippen LogP contribution in [0.5, 0.6) is 0 Å². The first kappa shape index (κ1) is 13.2. The van der Waals surface area contributed by atoms with Crippen molar-refractivity contribution in [2.75, 3.05) is 6.54 Å². The second-order valence-electron chi connectivity index (χ2n) is 4.22. The summed E-state index contributed by atoms with van der Waals surface area (Å²) in [6.45, 7) is 1.55. The van der Waals surface area contributed by atoms with Crippen molar-refractivity contribution < 1.29 is 4.79 Å². The third kappa shape index (κ3) is 4.89. The Morgan fingerprint density at radius 2 is 1.63 bits per heavy atom. The zero-order valence-corrected chi connectivity index (χ0v) is 10.7. The minimum absolute atomic E-state index is 0.00672. The van der Waals surface area contributed by atoms with E-state index in [9.17, 15) is 4.79 Å². The average Bonchev–Trinajstić information content (AvgIpc) is 2.47. The van der Waals surface area contributed by atoms with Crippen LogP contribution in [0.3, 0.4) is 0 Å². The summed E-state index contributed by atoms with van der Waals surface area (Å²) in [5.74, 6) is -0.00672. The summed E-state index contributed by atoms with van der Waals surface area (Å²) in [5.41, 5.74) is 2.22. The lowest BCUT2D eigenvalue weighted by Crippen LogP contribution is -2.33. The third-order valence-electron chi connectivity index (χ3n) is 2.70. The monoisotopic (exact) mass is 255 g/mol. The number of hydrogen-bond donors (Lipinski definition) is 2. The molecular weight excluding hydrogens is 238 g/mol. The quantitative estimate of drug-likeness (QED) is 0.822. The lowest BCUT2D eigenvalue weighted by molar-refractivity contribution is -0.120. The first-order chi connectivity index (χ1) is 9.34. The highest BCUT2D eigenvalue weighted by Gasteiger charge is 2.00. The Labute approximate surface area is 112 Å². The van der Waals surface area contributed by atoms with Crippen molar-refractivity contribution in [3.8, 4) is 0 Å². The molecule has 1 aromatic heterocycles. The first-order valence-electron chi connectivity index (χ1n) is 6.25. The molecule has 1 heterocycles. The van der Waals surface area contributed by atoms with Gasteiger partial charge in [-0.25, -0.2) is 0 Å². The molecule has 0 aliphatic heterocycles. The Balaban J connectivity index is 1.65. The highest BCUT2D eigenvalue weighted by molar-refractivity contribution is 5.77. The molecule has 0 aliphatic rings. The predicted octanol–water partition coefficient (Wildman–Crippen LogP) is 1.49. The fraction of sp³-hybridized carbons (Fsp3) is 0.200. The van der Waals surface area contributed by atoms with Gasteiger partial charge in [0.25, 0.3) is 0 Å². The van der Waals surface area contributed by atoms with Crippen LogP contribution in [0.2, 0.25) is 0 Å². The number of hydrogen-bond acceptors (Lipinski definition) is 3. The van der Waals surface area contributed by atoms with Crippen molar-refractivity contribution in [3.05, 3.63) is 66.0 Å². The van der Waals surface area contributed by atoms with E-state index in [-0.39, 0.29) is 5.91 Å². The summed E-state index contributed by atoms with van der Waals surface area (Å²) >= 11 is 0. The van der Waals surface area contributed by atoms with Gasteiger partial charge in [0.2, 0.25) is 5.91 Å². The number of amides is 1. The number of aromatic nitrogens is 1. The molecule has 0 radical (unpaired) electrons. The van der Waals surface area contributed by atoms with Gasteiger partial charge in [0.1, 0.15) is 0 Å². The lowest BCUT2D eigenvalue weighted by Gasteiger charge is -2.06. The normalized spacial score (nSPS) is 10.1. The molecule has 19 heavy (non-hydrogen) atoms. The fourth-order valence-electron chi connectivity index (χ4n) is 1.68. The summed E-state index contributed by atoms with van der Waals surface area (Å²) in [5, 5.41) is 5.97. The van der Waals surface area contributed by atoms with E-state index in [1.165, 1.54) is 5.56 Å². The van der Waals surface area contributed by atoms with E-state index < -0.39 is 0 Å². The Kier molecular flexibility index (Phi) is 5.07. The molecule has 0 bridgehead atoms.